The second kappa shape index (κ2) is 9.46. The lowest BCUT2D eigenvalue weighted by Crippen LogP contribution is -2.38. The van der Waals surface area contributed by atoms with Gasteiger partial charge in [-0.15, -0.1) is 0 Å². The van der Waals surface area contributed by atoms with Crippen molar-refractivity contribution in [1.82, 2.24) is 10.2 Å². The number of aliphatic imine (C=N–C) groups is 1. The minimum atomic E-state index is -0.0456. The van der Waals surface area contributed by atoms with Crippen molar-refractivity contribution < 1.29 is 4.79 Å². The molecule has 0 bridgehead atoms. The summed E-state index contributed by atoms with van der Waals surface area (Å²) in [7, 11) is 0. The fraction of sp³-hybridized carbons (Fsp3) is 0.304. The molecule has 0 aromatic heterocycles. The van der Waals surface area contributed by atoms with Gasteiger partial charge in [-0.2, -0.15) is 0 Å². The Kier molecular flexibility index (Phi) is 6.71. The molecule has 1 amide bonds. The Morgan fingerprint density at radius 2 is 1.80 bits per heavy atom. The van der Waals surface area contributed by atoms with Gasteiger partial charge in [-0.25, -0.2) is 0 Å². The molecule has 0 radical (unpaired) electrons. The van der Waals surface area contributed by atoms with Gasteiger partial charge in [0.2, 0.25) is 5.91 Å². The van der Waals surface area contributed by atoms with Crippen LogP contribution in [0, 0.1) is 0 Å². The highest BCUT2D eigenvalue weighted by Gasteiger charge is 2.28. The SMILES string of the molecule is C[C@@H](NC(=O)CC1=CSC2=NCCN12)[C@H](Cc1ccc(Cl)cc1)c1ccc(Cl)cc1. The van der Waals surface area contributed by atoms with Crippen LogP contribution in [0.1, 0.15) is 30.4 Å². The molecule has 156 valence electrons. The number of benzene rings is 2. The summed E-state index contributed by atoms with van der Waals surface area (Å²) in [6.45, 7) is 3.73. The minimum Gasteiger partial charge on any atom is -0.353 e. The van der Waals surface area contributed by atoms with Crippen molar-refractivity contribution in [2.45, 2.75) is 31.7 Å². The number of fused-ring (bicyclic) bond motifs is 1. The first-order valence-corrected chi connectivity index (χ1v) is 11.6. The van der Waals surface area contributed by atoms with Crippen LogP contribution in [-0.2, 0) is 11.2 Å². The summed E-state index contributed by atoms with van der Waals surface area (Å²) < 4.78 is 0. The number of carbonyl (C=O) groups is 1. The maximum Gasteiger partial charge on any atom is 0.226 e. The first-order valence-electron chi connectivity index (χ1n) is 9.96. The van der Waals surface area contributed by atoms with Gasteiger partial charge in [0.1, 0.15) is 0 Å². The van der Waals surface area contributed by atoms with Crippen molar-refractivity contribution in [1.29, 1.82) is 0 Å². The molecule has 2 aliphatic rings. The van der Waals surface area contributed by atoms with E-state index in [-0.39, 0.29) is 17.9 Å². The molecule has 0 saturated heterocycles. The van der Waals surface area contributed by atoms with Crippen molar-refractivity contribution in [3.63, 3.8) is 0 Å². The normalized spacial score (nSPS) is 17.2. The Balaban J connectivity index is 1.46. The van der Waals surface area contributed by atoms with E-state index < -0.39 is 0 Å². The van der Waals surface area contributed by atoms with Crippen LogP contribution in [0.5, 0.6) is 0 Å². The van der Waals surface area contributed by atoms with Crippen molar-refractivity contribution >= 4 is 46.0 Å². The average molecular weight is 460 g/mol. The lowest BCUT2D eigenvalue weighted by Gasteiger charge is -2.26. The number of rotatable bonds is 7. The van der Waals surface area contributed by atoms with Gasteiger partial charge in [-0.1, -0.05) is 59.2 Å². The number of hydrogen-bond donors (Lipinski definition) is 1. The summed E-state index contributed by atoms with van der Waals surface area (Å²) >= 11 is 13.7. The standard InChI is InChI=1S/C23H23Cl2N3OS/c1-15(27-22(29)13-20-14-30-23-26-10-11-28(20)23)21(17-4-8-19(25)9-5-17)12-16-2-6-18(24)7-3-16/h2-9,14-15,21H,10-13H2,1H3,(H,27,29)/t15-,21+/m1/s1. The monoisotopic (exact) mass is 459 g/mol. The molecule has 2 aliphatic heterocycles. The number of thioether (sulfide) groups is 1. The van der Waals surface area contributed by atoms with Gasteiger partial charge >= 0.3 is 0 Å². The van der Waals surface area contributed by atoms with Crippen molar-refractivity contribution in [2.75, 3.05) is 13.1 Å². The quantitative estimate of drug-likeness (QED) is 0.596. The summed E-state index contributed by atoms with van der Waals surface area (Å²) in [5, 5.41) is 7.68. The molecule has 1 N–H and O–H groups in total. The van der Waals surface area contributed by atoms with Crippen LogP contribution in [0.4, 0.5) is 0 Å². The van der Waals surface area contributed by atoms with Crippen molar-refractivity contribution in [2.24, 2.45) is 4.99 Å². The molecule has 30 heavy (non-hydrogen) atoms. The molecular formula is C23H23Cl2N3OS. The van der Waals surface area contributed by atoms with Gasteiger partial charge in [0.05, 0.1) is 13.0 Å². The number of carbonyl (C=O) groups excluding carboxylic acids is 1. The Morgan fingerprint density at radius 3 is 2.50 bits per heavy atom. The second-order valence-corrected chi connectivity index (χ2v) is 9.27. The van der Waals surface area contributed by atoms with Gasteiger partial charge in [-0.05, 0) is 54.1 Å². The van der Waals surface area contributed by atoms with Crippen LogP contribution in [0.3, 0.4) is 0 Å². The molecule has 7 heteroatoms. The summed E-state index contributed by atoms with van der Waals surface area (Å²) in [5.74, 6) is 0.140. The van der Waals surface area contributed by atoms with Gasteiger partial charge in [0.15, 0.2) is 5.17 Å². The maximum atomic E-state index is 12.8. The zero-order valence-electron chi connectivity index (χ0n) is 16.6. The Labute approximate surface area is 191 Å². The van der Waals surface area contributed by atoms with Gasteiger partial charge in [-0.3, -0.25) is 9.79 Å². The lowest BCUT2D eigenvalue weighted by molar-refractivity contribution is -0.121. The molecule has 0 saturated carbocycles. The molecule has 0 spiro atoms. The van der Waals surface area contributed by atoms with E-state index in [0.29, 0.717) is 11.4 Å². The molecule has 0 aliphatic carbocycles. The predicted octanol–water partition coefficient (Wildman–Crippen LogP) is 5.47. The summed E-state index contributed by atoms with van der Waals surface area (Å²) in [4.78, 5) is 19.4. The molecule has 2 atom stereocenters. The zero-order chi connectivity index (χ0) is 21.1. The number of amidine groups is 1. The number of nitrogens with one attached hydrogen (secondary N) is 1. The zero-order valence-corrected chi connectivity index (χ0v) is 19.0. The predicted molar refractivity (Wildman–Crippen MR) is 126 cm³/mol. The smallest absolute Gasteiger partial charge is 0.226 e. The van der Waals surface area contributed by atoms with Gasteiger partial charge in [0.25, 0.3) is 0 Å². The lowest BCUT2D eigenvalue weighted by atomic mass is 9.86. The van der Waals surface area contributed by atoms with Crippen LogP contribution in [-0.4, -0.2) is 35.1 Å². The molecule has 4 rings (SSSR count). The summed E-state index contributed by atoms with van der Waals surface area (Å²) in [5.41, 5.74) is 3.35. The second-order valence-electron chi connectivity index (χ2n) is 7.56. The van der Waals surface area contributed by atoms with Crippen LogP contribution in [0.2, 0.25) is 10.0 Å². The number of amides is 1. The molecule has 2 heterocycles. The Hall–Kier alpha value is -1.95. The third kappa shape index (κ3) is 5.02. The minimum absolute atomic E-state index is 0.0255. The average Bonchev–Trinajstić information content (AvgIpc) is 3.33. The highest BCUT2D eigenvalue weighted by atomic mass is 35.5. The van der Waals surface area contributed by atoms with Crippen molar-refractivity contribution in [3.05, 3.63) is 80.8 Å². The summed E-state index contributed by atoms with van der Waals surface area (Å²) in [6.07, 6.45) is 1.16. The highest BCUT2D eigenvalue weighted by Crippen LogP contribution is 2.31. The highest BCUT2D eigenvalue weighted by molar-refractivity contribution is 8.16. The first kappa shape index (κ1) is 21.3. The summed E-state index contributed by atoms with van der Waals surface area (Å²) in [6, 6.07) is 15.7. The molecule has 2 aromatic carbocycles. The molecule has 2 aromatic rings. The third-order valence-corrected chi connectivity index (χ3v) is 6.90. The fourth-order valence-electron chi connectivity index (χ4n) is 3.85. The topological polar surface area (TPSA) is 44.7 Å². The van der Waals surface area contributed by atoms with E-state index >= 15 is 0 Å². The van der Waals surface area contributed by atoms with E-state index in [2.05, 4.69) is 22.1 Å². The molecular weight excluding hydrogens is 437 g/mol. The number of hydrogen-bond acceptors (Lipinski definition) is 4. The van der Waals surface area contributed by atoms with Crippen molar-refractivity contribution in [3.8, 4) is 0 Å². The van der Waals surface area contributed by atoms with E-state index in [4.69, 9.17) is 23.2 Å². The first-order chi connectivity index (χ1) is 14.5. The molecule has 0 unspecified atom stereocenters. The van der Waals surface area contributed by atoms with E-state index in [9.17, 15) is 4.79 Å². The fourth-order valence-corrected chi connectivity index (χ4v) is 5.06. The van der Waals surface area contributed by atoms with Crippen LogP contribution < -0.4 is 5.32 Å². The van der Waals surface area contributed by atoms with E-state index in [1.807, 2.05) is 53.9 Å². The van der Waals surface area contributed by atoms with Crippen LogP contribution in [0.25, 0.3) is 0 Å². The molecule has 0 fully saturated rings. The third-order valence-electron chi connectivity index (χ3n) is 5.45. The van der Waals surface area contributed by atoms with Crippen LogP contribution in [0.15, 0.2) is 64.6 Å². The number of nitrogens with zero attached hydrogens (tertiary/aromatic N) is 2. The van der Waals surface area contributed by atoms with Gasteiger partial charge < -0.3 is 10.2 Å². The van der Waals surface area contributed by atoms with E-state index in [0.717, 1.165) is 41.0 Å². The van der Waals surface area contributed by atoms with E-state index in [1.54, 1.807) is 11.8 Å². The Morgan fingerprint density at radius 1 is 1.13 bits per heavy atom. The molecule has 4 nitrogen and oxygen atoms in total. The van der Waals surface area contributed by atoms with Crippen LogP contribution >= 0.6 is 35.0 Å². The largest absolute Gasteiger partial charge is 0.353 e. The number of halogens is 2. The van der Waals surface area contributed by atoms with E-state index in [1.165, 1.54) is 5.56 Å². The maximum absolute atomic E-state index is 12.8. The Bertz CT molecular complexity index is 973. The van der Waals surface area contributed by atoms with Gasteiger partial charge in [0, 0.05) is 34.2 Å².